The van der Waals surface area contributed by atoms with Crippen LogP contribution in [0, 0.1) is 0 Å². The first-order valence-electron chi connectivity index (χ1n) is 4.38. The molecule has 0 fully saturated rings. The molecule has 74 valence electrons. The van der Waals surface area contributed by atoms with Crippen molar-refractivity contribution in [3.8, 4) is 6.01 Å². The number of hydrogen-bond donors (Lipinski definition) is 0. The van der Waals surface area contributed by atoms with E-state index in [2.05, 4.69) is 9.97 Å². The Morgan fingerprint density at radius 1 is 1.57 bits per heavy atom. The zero-order chi connectivity index (χ0) is 9.97. The molecular weight excluding hydrogens is 202 g/mol. The van der Waals surface area contributed by atoms with Crippen molar-refractivity contribution in [2.24, 2.45) is 0 Å². The van der Waals surface area contributed by atoms with Crippen LogP contribution in [0.25, 0.3) is 6.01 Å². The number of oxazole rings is 1. The number of rotatable bonds is 3. The zero-order valence-electron chi connectivity index (χ0n) is 7.77. The van der Waals surface area contributed by atoms with Gasteiger partial charge in [-0.15, -0.1) is 11.6 Å². The van der Waals surface area contributed by atoms with Gasteiger partial charge in [0.1, 0.15) is 12.1 Å². The van der Waals surface area contributed by atoms with Gasteiger partial charge in [-0.3, -0.25) is 4.57 Å². The third-order valence-corrected chi connectivity index (χ3v) is 2.19. The summed E-state index contributed by atoms with van der Waals surface area (Å²) in [6.07, 6.45) is 5.94. The van der Waals surface area contributed by atoms with Crippen LogP contribution in [0.1, 0.15) is 18.4 Å². The van der Waals surface area contributed by atoms with Crippen LogP contribution in [0.3, 0.4) is 0 Å². The van der Waals surface area contributed by atoms with Gasteiger partial charge >= 0.3 is 6.01 Å². The summed E-state index contributed by atoms with van der Waals surface area (Å²) in [6, 6.07) is 0.523. The summed E-state index contributed by atoms with van der Waals surface area (Å²) < 4.78 is 7.09. The average Bonchev–Trinajstić information content (AvgIpc) is 2.85. The number of imidazole rings is 1. The molecule has 14 heavy (non-hydrogen) atoms. The third-order valence-electron chi connectivity index (χ3n) is 1.92. The van der Waals surface area contributed by atoms with Gasteiger partial charge in [-0.2, -0.15) is 4.98 Å². The van der Waals surface area contributed by atoms with Gasteiger partial charge in [-0.05, 0) is 0 Å². The highest BCUT2D eigenvalue weighted by Crippen LogP contribution is 2.12. The molecule has 2 heterocycles. The number of alkyl halides is 1. The minimum atomic E-state index is 0.361. The monoisotopic (exact) mass is 211 g/mol. The van der Waals surface area contributed by atoms with Crippen molar-refractivity contribution >= 4 is 11.6 Å². The van der Waals surface area contributed by atoms with Crippen molar-refractivity contribution in [2.45, 2.75) is 19.2 Å². The Morgan fingerprint density at radius 2 is 2.43 bits per heavy atom. The molecular formula is C9H10ClN3O. The van der Waals surface area contributed by atoms with E-state index in [-0.39, 0.29) is 0 Å². The van der Waals surface area contributed by atoms with Crippen molar-refractivity contribution in [1.29, 1.82) is 0 Å². The fraction of sp³-hybridized carbons (Fsp3) is 0.333. The zero-order valence-corrected chi connectivity index (χ0v) is 8.53. The molecule has 0 radical (unpaired) electrons. The second-order valence-electron chi connectivity index (χ2n) is 2.82. The van der Waals surface area contributed by atoms with Gasteiger partial charge in [0.15, 0.2) is 0 Å². The van der Waals surface area contributed by atoms with E-state index in [0.29, 0.717) is 11.9 Å². The molecule has 5 heteroatoms. The number of halogens is 1. The molecule has 4 nitrogen and oxygen atoms in total. The van der Waals surface area contributed by atoms with Gasteiger partial charge in [0.05, 0.1) is 11.6 Å². The summed E-state index contributed by atoms with van der Waals surface area (Å²) in [5, 5.41) is 0. The Kier molecular flexibility index (Phi) is 2.54. The van der Waals surface area contributed by atoms with Crippen LogP contribution in [0.4, 0.5) is 0 Å². The van der Waals surface area contributed by atoms with Crippen LogP contribution >= 0.6 is 11.6 Å². The first kappa shape index (κ1) is 9.27. The molecule has 0 bridgehead atoms. The van der Waals surface area contributed by atoms with Gasteiger partial charge in [0.2, 0.25) is 0 Å². The molecule has 0 aromatic carbocycles. The maximum Gasteiger partial charge on any atom is 0.307 e. The Hall–Kier alpha value is -1.29. The summed E-state index contributed by atoms with van der Waals surface area (Å²) in [6.45, 7) is 2.03. The number of hydrogen-bond acceptors (Lipinski definition) is 3. The van der Waals surface area contributed by atoms with Crippen LogP contribution in [0.15, 0.2) is 23.1 Å². The maximum atomic E-state index is 5.63. The standard InChI is InChI=1S/C9H10ClN3O/c1-2-8-11-3-4-13(8)9-12-7(5-10)6-14-9/h3-4,6H,2,5H2,1H3. The highest BCUT2D eigenvalue weighted by Gasteiger charge is 2.08. The fourth-order valence-electron chi connectivity index (χ4n) is 1.24. The highest BCUT2D eigenvalue weighted by molar-refractivity contribution is 6.16. The van der Waals surface area contributed by atoms with Gasteiger partial charge in [0.25, 0.3) is 0 Å². The highest BCUT2D eigenvalue weighted by atomic mass is 35.5. The van der Waals surface area contributed by atoms with E-state index in [4.69, 9.17) is 16.0 Å². The van der Waals surface area contributed by atoms with Crippen molar-refractivity contribution in [1.82, 2.24) is 14.5 Å². The minimum absolute atomic E-state index is 0.361. The lowest BCUT2D eigenvalue weighted by Gasteiger charge is -1.98. The van der Waals surface area contributed by atoms with E-state index >= 15 is 0 Å². The molecule has 0 atom stereocenters. The van der Waals surface area contributed by atoms with E-state index in [0.717, 1.165) is 17.9 Å². The Labute approximate surface area is 86.5 Å². The lowest BCUT2D eigenvalue weighted by atomic mass is 10.4. The summed E-state index contributed by atoms with van der Waals surface area (Å²) >= 11 is 5.63. The fourth-order valence-corrected chi connectivity index (χ4v) is 1.36. The molecule has 0 saturated carbocycles. The molecule has 0 N–H and O–H groups in total. The normalized spacial score (nSPS) is 10.7. The van der Waals surface area contributed by atoms with Crippen molar-refractivity contribution in [2.75, 3.05) is 0 Å². The SMILES string of the molecule is CCc1nccn1-c1nc(CCl)co1. The number of nitrogens with zero attached hydrogens (tertiary/aromatic N) is 3. The molecule has 2 aromatic heterocycles. The molecule has 2 rings (SSSR count). The van der Waals surface area contributed by atoms with Crippen LogP contribution in [0.2, 0.25) is 0 Å². The van der Waals surface area contributed by atoms with E-state index in [1.54, 1.807) is 12.5 Å². The Balaban J connectivity index is 2.38. The van der Waals surface area contributed by atoms with E-state index in [1.807, 2.05) is 17.7 Å². The predicted molar refractivity (Wildman–Crippen MR) is 52.6 cm³/mol. The molecule has 0 spiro atoms. The first-order chi connectivity index (χ1) is 6.85. The van der Waals surface area contributed by atoms with Gasteiger partial charge in [0, 0.05) is 18.8 Å². The van der Waals surface area contributed by atoms with E-state index in [9.17, 15) is 0 Å². The van der Waals surface area contributed by atoms with E-state index < -0.39 is 0 Å². The number of aryl methyl sites for hydroxylation is 1. The quantitative estimate of drug-likeness (QED) is 0.731. The molecule has 0 aliphatic carbocycles. The van der Waals surface area contributed by atoms with Gasteiger partial charge < -0.3 is 4.42 Å². The Morgan fingerprint density at radius 3 is 3.07 bits per heavy atom. The largest absolute Gasteiger partial charge is 0.431 e. The molecule has 0 aliphatic heterocycles. The average molecular weight is 212 g/mol. The Bertz CT molecular complexity index is 421. The first-order valence-corrected chi connectivity index (χ1v) is 4.91. The van der Waals surface area contributed by atoms with Crippen LogP contribution in [-0.4, -0.2) is 14.5 Å². The second kappa shape index (κ2) is 3.84. The molecule has 0 aliphatic rings. The van der Waals surface area contributed by atoms with Crippen molar-refractivity contribution in [3.63, 3.8) is 0 Å². The molecule has 0 unspecified atom stereocenters. The lowest BCUT2D eigenvalue weighted by molar-refractivity contribution is 0.520. The maximum absolute atomic E-state index is 5.63. The van der Waals surface area contributed by atoms with Crippen molar-refractivity contribution in [3.05, 3.63) is 30.2 Å². The van der Waals surface area contributed by atoms with Crippen LogP contribution < -0.4 is 0 Å². The van der Waals surface area contributed by atoms with Crippen molar-refractivity contribution < 1.29 is 4.42 Å². The van der Waals surface area contributed by atoms with Gasteiger partial charge in [-0.1, -0.05) is 6.92 Å². The summed E-state index contributed by atoms with van der Waals surface area (Å²) in [5.74, 6) is 1.28. The molecule has 2 aromatic rings. The third kappa shape index (κ3) is 1.53. The van der Waals surface area contributed by atoms with Crippen LogP contribution in [-0.2, 0) is 12.3 Å². The number of aromatic nitrogens is 3. The summed E-state index contributed by atoms with van der Waals surface area (Å²) in [5.41, 5.74) is 0.734. The van der Waals surface area contributed by atoms with Crippen LogP contribution in [0.5, 0.6) is 0 Å². The van der Waals surface area contributed by atoms with Gasteiger partial charge in [-0.25, -0.2) is 4.98 Å². The topological polar surface area (TPSA) is 43.9 Å². The molecule has 0 amide bonds. The lowest BCUT2D eigenvalue weighted by Crippen LogP contribution is -1.99. The summed E-state index contributed by atoms with van der Waals surface area (Å²) in [7, 11) is 0. The predicted octanol–water partition coefficient (Wildman–Crippen LogP) is 2.16. The second-order valence-corrected chi connectivity index (χ2v) is 3.09. The molecule has 0 saturated heterocycles. The van der Waals surface area contributed by atoms with E-state index in [1.165, 1.54) is 0 Å². The smallest absolute Gasteiger partial charge is 0.307 e. The minimum Gasteiger partial charge on any atom is -0.431 e. The summed E-state index contributed by atoms with van der Waals surface area (Å²) in [4.78, 5) is 8.38.